The second-order valence-electron chi connectivity index (χ2n) is 7.20. The summed E-state index contributed by atoms with van der Waals surface area (Å²) in [6.45, 7) is 1.97. The highest BCUT2D eigenvalue weighted by molar-refractivity contribution is 9.10. The van der Waals surface area contributed by atoms with Gasteiger partial charge in [-0.25, -0.2) is 0 Å². The van der Waals surface area contributed by atoms with Crippen molar-refractivity contribution in [1.82, 2.24) is 10.2 Å². The van der Waals surface area contributed by atoms with Gasteiger partial charge in [-0.15, -0.1) is 0 Å². The summed E-state index contributed by atoms with van der Waals surface area (Å²) in [4.78, 5) is 38.6. The maximum Gasteiger partial charge on any atom is 0.261 e. The Bertz CT molecular complexity index is 948. The van der Waals surface area contributed by atoms with Gasteiger partial charge < -0.3 is 5.32 Å². The Morgan fingerprint density at radius 3 is 2.41 bits per heavy atom. The number of benzene rings is 2. The lowest BCUT2D eigenvalue weighted by Gasteiger charge is -2.19. The number of aryl methyl sites for hydroxylation is 1. The molecule has 0 radical (unpaired) electrons. The average molecular weight is 427 g/mol. The molecule has 1 saturated carbocycles. The van der Waals surface area contributed by atoms with E-state index < -0.39 is 0 Å². The van der Waals surface area contributed by atoms with Crippen molar-refractivity contribution in [2.24, 2.45) is 0 Å². The number of fused-ring (bicyclic) bond motifs is 1. The molecule has 5 nitrogen and oxygen atoms in total. The number of hydrogen-bond donors (Lipinski definition) is 1. The van der Waals surface area contributed by atoms with Gasteiger partial charge in [0.2, 0.25) is 5.91 Å². The van der Waals surface area contributed by atoms with E-state index in [9.17, 15) is 14.4 Å². The van der Waals surface area contributed by atoms with Gasteiger partial charge in [0, 0.05) is 17.4 Å². The van der Waals surface area contributed by atoms with Crippen LogP contribution in [0.25, 0.3) is 0 Å². The van der Waals surface area contributed by atoms with E-state index in [0.717, 1.165) is 28.4 Å². The zero-order chi connectivity index (χ0) is 19.2. The number of imide groups is 1. The largest absolute Gasteiger partial charge is 0.347 e. The van der Waals surface area contributed by atoms with E-state index in [1.165, 1.54) is 4.90 Å². The van der Waals surface area contributed by atoms with Crippen molar-refractivity contribution in [1.29, 1.82) is 0 Å². The predicted molar refractivity (Wildman–Crippen MR) is 104 cm³/mol. The van der Waals surface area contributed by atoms with E-state index in [0.29, 0.717) is 11.1 Å². The van der Waals surface area contributed by atoms with Crippen LogP contribution in [0.5, 0.6) is 0 Å². The average Bonchev–Trinajstić information content (AvgIpc) is 3.37. The number of carbonyl (C=O) groups is 3. The minimum Gasteiger partial charge on any atom is -0.347 e. The molecule has 0 saturated heterocycles. The molecule has 0 aromatic heterocycles. The first-order valence-electron chi connectivity index (χ1n) is 8.93. The molecule has 27 heavy (non-hydrogen) atoms. The SMILES string of the molecule is Cc1ccc2c(c1)C(=O)N(CCC(=O)NC1(c3ccc(Br)cc3)CC1)C2=O. The molecule has 1 N–H and O–H groups in total. The van der Waals surface area contributed by atoms with E-state index in [2.05, 4.69) is 21.2 Å². The van der Waals surface area contributed by atoms with E-state index in [1.54, 1.807) is 12.1 Å². The lowest BCUT2D eigenvalue weighted by molar-refractivity contribution is -0.122. The van der Waals surface area contributed by atoms with Crippen LogP contribution in [-0.4, -0.2) is 29.2 Å². The Labute approximate surface area is 165 Å². The van der Waals surface area contributed by atoms with Crippen molar-refractivity contribution in [2.45, 2.75) is 31.7 Å². The zero-order valence-corrected chi connectivity index (χ0v) is 16.5. The first-order valence-corrected chi connectivity index (χ1v) is 9.73. The fourth-order valence-electron chi connectivity index (χ4n) is 3.53. The highest BCUT2D eigenvalue weighted by Gasteiger charge is 2.45. The number of carbonyl (C=O) groups excluding carboxylic acids is 3. The van der Waals surface area contributed by atoms with Crippen LogP contribution in [0, 0.1) is 6.92 Å². The van der Waals surface area contributed by atoms with Crippen molar-refractivity contribution in [3.63, 3.8) is 0 Å². The molecule has 0 spiro atoms. The third-order valence-corrected chi connectivity index (χ3v) is 5.74. The molecule has 2 aliphatic rings. The Morgan fingerprint density at radius 1 is 1.07 bits per heavy atom. The summed E-state index contributed by atoms with van der Waals surface area (Å²) in [6, 6.07) is 13.1. The van der Waals surface area contributed by atoms with Crippen LogP contribution in [0.2, 0.25) is 0 Å². The van der Waals surface area contributed by atoms with Crippen LogP contribution in [0.3, 0.4) is 0 Å². The standard InChI is InChI=1S/C21H19BrN2O3/c1-13-2-7-16-17(12-13)20(27)24(19(16)26)11-8-18(25)23-21(9-10-21)14-3-5-15(22)6-4-14/h2-7,12H,8-11H2,1H3,(H,23,25). The predicted octanol–water partition coefficient (Wildman–Crippen LogP) is 3.55. The zero-order valence-electron chi connectivity index (χ0n) is 14.9. The first kappa shape index (κ1) is 17.9. The minimum absolute atomic E-state index is 0.0909. The van der Waals surface area contributed by atoms with Gasteiger partial charge >= 0.3 is 0 Å². The van der Waals surface area contributed by atoms with E-state index in [1.807, 2.05) is 37.3 Å². The van der Waals surface area contributed by atoms with Crippen LogP contribution in [0.15, 0.2) is 46.9 Å². The topological polar surface area (TPSA) is 66.5 Å². The summed E-state index contributed by atoms with van der Waals surface area (Å²) in [7, 11) is 0. The maximum absolute atomic E-state index is 12.5. The summed E-state index contributed by atoms with van der Waals surface area (Å²) >= 11 is 3.42. The molecule has 2 aromatic rings. The summed E-state index contributed by atoms with van der Waals surface area (Å²) in [5.74, 6) is -0.791. The van der Waals surface area contributed by atoms with Crippen LogP contribution < -0.4 is 5.32 Å². The molecule has 0 atom stereocenters. The van der Waals surface area contributed by atoms with Crippen molar-refractivity contribution in [3.8, 4) is 0 Å². The number of amides is 3. The molecular formula is C21H19BrN2O3. The molecule has 3 amide bonds. The summed E-state index contributed by atoms with van der Waals surface area (Å²) in [5.41, 5.74) is 2.54. The molecule has 2 aromatic carbocycles. The van der Waals surface area contributed by atoms with Gasteiger partial charge in [0.15, 0.2) is 0 Å². The van der Waals surface area contributed by atoms with Crippen molar-refractivity contribution in [3.05, 3.63) is 69.2 Å². The summed E-state index contributed by atoms with van der Waals surface area (Å²) < 4.78 is 0.995. The van der Waals surface area contributed by atoms with E-state index >= 15 is 0 Å². The second kappa shape index (κ2) is 6.60. The number of halogens is 1. The van der Waals surface area contributed by atoms with Crippen LogP contribution >= 0.6 is 15.9 Å². The van der Waals surface area contributed by atoms with Crippen molar-refractivity contribution >= 4 is 33.7 Å². The molecule has 1 aliphatic carbocycles. The Morgan fingerprint density at radius 2 is 1.74 bits per heavy atom. The lowest BCUT2D eigenvalue weighted by atomic mass is 10.0. The van der Waals surface area contributed by atoms with Gasteiger partial charge in [-0.1, -0.05) is 39.7 Å². The highest BCUT2D eigenvalue weighted by Crippen LogP contribution is 2.45. The first-order chi connectivity index (χ1) is 12.9. The molecule has 4 rings (SSSR count). The number of nitrogens with one attached hydrogen (secondary N) is 1. The van der Waals surface area contributed by atoms with E-state index in [-0.39, 0.29) is 36.2 Å². The van der Waals surface area contributed by atoms with Gasteiger partial charge in [0.25, 0.3) is 11.8 Å². The molecule has 1 heterocycles. The third-order valence-electron chi connectivity index (χ3n) is 5.21. The van der Waals surface area contributed by atoms with Gasteiger partial charge in [0.05, 0.1) is 16.7 Å². The van der Waals surface area contributed by atoms with Crippen LogP contribution in [0.1, 0.15) is 51.1 Å². The fraction of sp³-hybridized carbons (Fsp3) is 0.286. The second-order valence-corrected chi connectivity index (χ2v) is 8.11. The lowest BCUT2D eigenvalue weighted by Crippen LogP contribution is -2.38. The normalized spacial score (nSPS) is 17.0. The van der Waals surface area contributed by atoms with E-state index in [4.69, 9.17) is 0 Å². The molecule has 0 unspecified atom stereocenters. The monoisotopic (exact) mass is 426 g/mol. The Balaban J connectivity index is 1.40. The molecule has 6 heteroatoms. The summed E-state index contributed by atoms with van der Waals surface area (Å²) in [5, 5.41) is 3.08. The summed E-state index contributed by atoms with van der Waals surface area (Å²) in [6.07, 6.45) is 1.89. The Kier molecular flexibility index (Phi) is 4.38. The van der Waals surface area contributed by atoms with Crippen LogP contribution in [-0.2, 0) is 10.3 Å². The molecule has 1 aliphatic heterocycles. The maximum atomic E-state index is 12.5. The van der Waals surface area contributed by atoms with Gasteiger partial charge in [-0.05, 0) is 49.6 Å². The van der Waals surface area contributed by atoms with Crippen molar-refractivity contribution in [2.75, 3.05) is 6.54 Å². The smallest absolute Gasteiger partial charge is 0.261 e. The van der Waals surface area contributed by atoms with Gasteiger partial charge in [-0.2, -0.15) is 0 Å². The Hall–Kier alpha value is -2.47. The quantitative estimate of drug-likeness (QED) is 0.743. The number of rotatable bonds is 5. The number of nitrogens with zero attached hydrogens (tertiary/aromatic N) is 1. The minimum atomic E-state index is -0.322. The van der Waals surface area contributed by atoms with Crippen LogP contribution in [0.4, 0.5) is 0 Å². The highest BCUT2D eigenvalue weighted by atomic mass is 79.9. The number of hydrogen-bond acceptors (Lipinski definition) is 3. The van der Waals surface area contributed by atoms with Crippen molar-refractivity contribution < 1.29 is 14.4 Å². The molecule has 0 bridgehead atoms. The molecule has 1 fully saturated rings. The van der Waals surface area contributed by atoms with Gasteiger partial charge in [-0.3, -0.25) is 19.3 Å². The third kappa shape index (κ3) is 3.30. The molecule has 138 valence electrons. The molecular weight excluding hydrogens is 408 g/mol. The fourth-order valence-corrected chi connectivity index (χ4v) is 3.79. The van der Waals surface area contributed by atoms with Gasteiger partial charge in [0.1, 0.15) is 0 Å².